The Morgan fingerprint density at radius 2 is 0.933 bits per heavy atom. The Kier molecular flexibility index (Phi) is 30.5. The average molecular weight is 212 g/mol. The molecule has 0 bridgehead atoms. The van der Waals surface area contributed by atoms with Gasteiger partial charge in [0.2, 0.25) is 0 Å². The molecule has 0 unspecified atom stereocenters. The molecule has 1 aromatic rings. The Bertz CT molecular complexity index is 120. The highest BCUT2D eigenvalue weighted by Crippen LogP contribution is 1.93. The van der Waals surface area contributed by atoms with Crippen molar-refractivity contribution in [2.75, 3.05) is 7.11 Å². The van der Waals surface area contributed by atoms with E-state index in [1.807, 2.05) is 50.2 Å². The Morgan fingerprint density at radius 1 is 0.800 bits per heavy atom. The molecule has 1 heteroatoms. The van der Waals surface area contributed by atoms with E-state index in [9.17, 15) is 0 Å². The Hall–Kier alpha value is -0.820. The molecular weight excluding hydrogens is 184 g/mol. The molecule has 0 saturated heterocycles. The topological polar surface area (TPSA) is 20.2 Å². The van der Waals surface area contributed by atoms with Gasteiger partial charge in [0, 0.05) is 7.11 Å². The highest BCUT2D eigenvalue weighted by atomic mass is 16.2. The molecule has 1 N–H and O–H groups in total. The smallest absolute Gasteiger partial charge is 0.0319 e. The number of aliphatic hydroxyl groups excluding tert-OH is 1. The Labute approximate surface area is 96.2 Å². The monoisotopic (exact) mass is 212 g/mol. The minimum Gasteiger partial charge on any atom is -0.400 e. The third-order valence-corrected chi connectivity index (χ3v) is 1.48. The van der Waals surface area contributed by atoms with Crippen molar-refractivity contribution in [1.82, 2.24) is 0 Å². The quantitative estimate of drug-likeness (QED) is 0.732. The van der Waals surface area contributed by atoms with Crippen LogP contribution in [-0.2, 0) is 0 Å². The number of rotatable bonds is 1. The fourth-order valence-corrected chi connectivity index (χ4v) is 0.385. The van der Waals surface area contributed by atoms with Gasteiger partial charge in [-0.15, -0.1) is 0 Å². The molecule has 0 heterocycles. The van der Waals surface area contributed by atoms with Crippen molar-refractivity contribution < 1.29 is 5.11 Å². The molecular formula is C14H28O. The fraction of sp³-hybridized carbons (Fsp3) is 0.571. The van der Waals surface area contributed by atoms with E-state index in [-0.39, 0.29) is 0 Å². The molecule has 90 valence electrons. The summed E-state index contributed by atoms with van der Waals surface area (Å²) in [4.78, 5) is 0. The summed E-state index contributed by atoms with van der Waals surface area (Å²) < 4.78 is 0. The molecule has 15 heavy (non-hydrogen) atoms. The molecule has 1 aromatic carbocycles. The number of benzene rings is 1. The van der Waals surface area contributed by atoms with Gasteiger partial charge in [-0.25, -0.2) is 0 Å². The van der Waals surface area contributed by atoms with Crippen LogP contribution in [0.1, 0.15) is 41.0 Å². The first-order valence-electron chi connectivity index (χ1n) is 5.72. The van der Waals surface area contributed by atoms with Gasteiger partial charge in [-0.3, -0.25) is 0 Å². The lowest BCUT2D eigenvalue weighted by atomic mass is 10.2. The molecule has 0 spiro atoms. The first kappa shape index (κ1) is 19.7. The second-order valence-electron chi connectivity index (χ2n) is 2.96. The predicted octanol–water partition coefficient (Wildman–Crippen LogP) is 4.37. The van der Waals surface area contributed by atoms with Crippen molar-refractivity contribution in [2.24, 2.45) is 5.92 Å². The summed E-state index contributed by atoms with van der Waals surface area (Å²) >= 11 is 0. The molecule has 0 aliphatic heterocycles. The van der Waals surface area contributed by atoms with Crippen LogP contribution in [0.3, 0.4) is 0 Å². The van der Waals surface area contributed by atoms with Crippen molar-refractivity contribution in [2.45, 2.75) is 41.0 Å². The molecule has 0 saturated carbocycles. The van der Waals surface area contributed by atoms with Gasteiger partial charge in [0.25, 0.3) is 0 Å². The zero-order valence-corrected chi connectivity index (χ0v) is 11.2. The molecule has 0 amide bonds. The van der Waals surface area contributed by atoms with Crippen LogP contribution in [0.25, 0.3) is 0 Å². The van der Waals surface area contributed by atoms with Crippen LogP contribution < -0.4 is 0 Å². The minimum atomic E-state index is 0.884. The van der Waals surface area contributed by atoms with Crippen molar-refractivity contribution >= 4 is 0 Å². The predicted molar refractivity (Wildman–Crippen MR) is 71.1 cm³/mol. The van der Waals surface area contributed by atoms with Crippen LogP contribution in [0.15, 0.2) is 36.4 Å². The van der Waals surface area contributed by atoms with Gasteiger partial charge in [-0.1, -0.05) is 77.4 Å². The van der Waals surface area contributed by atoms with E-state index in [4.69, 9.17) is 5.11 Å². The molecule has 0 aromatic heterocycles. The average Bonchev–Trinajstić information content (AvgIpc) is 2.37. The maximum Gasteiger partial charge on any atom is 0.0319 e. The summed E-state index contributed by atoms with van der Waals surface area (Å²) in [5.74, 6) is 0.884. The summed E-state index contributed by atoms with van der Waals surface area (Å²) in [5, 5.41) is 7.00. The van der Waals surface area contributed by atoms with E-state index in [1.54, 1.807) is 0 Å². The summed E-state index contributed by atoms with van der Waals surface area (Å²) in [6.07, 6.45) is 1.31. The SMILES string of the molecule is CC.CCC(C)C.CO.c1ccccc1. The standard InChI is InChI=1S/C6H6.C5H12.C2H6.CH4O/c1-2-4-6-5-3-1;1-4-5(2)3;2*1-2/h1-6H;5H,4H2,1-3H3;1-2H3;2H,1H3. The van der Waals surface area contributed by atoms with Crippen LogP contribution in [-0.4, -0.2) is 12.2 Å². The van der Waals surface area contributed by atoms with Crippen LogP contribution >= 0.6 is 0 Å². The zero-order chi connectivity index (χ0) is 12.5. The van der Waals surface area contributed by atoms with Gasteiger partial charge in [0.05, 0.1) is 0 Å². The van der Waals surface area contributed by atoms with Crippen molar-refractivity contribution in [3.63, 3.8) is 0 Å². The van der Waals surface area contributed by atoms with Gasteiger partial charge in [0.15, 0.2) is 0 Å². The molecule has 0 aliphatic rings. The molecule has 1 rings (SSSR count). The third kappa shape index (κ3) is 32.0. The van der Waals surface area contributed by atoms with Gasteiger partial charge in [0.1, 0.15) is 0 Å². The molecule has 1 nitrogen and oxygen atoms in total. The summed E-state index contributed by atoms with van der Waals surface area (Å²) in [7, 11) is 1.00. The molecule has 0 atom stereocenters. The van der Waals surface area contributed by atoms with Gasteiger partial charge >= 0.3 is 0 Å². The van der Waals surface area contributed by atoms with Crippen molar-refractivity contribution in [1.29, 1.82) is 0 Å². The highest BCUT2D eigenvalue weighted by molar-refractivity contribution is 4.99. The lowest BCUT2D eigenvalue weighted by Crippen LogP contribution is -1.77. The van der Waals surface area contributed by atoms with Crippen LogP contribution in [0.5, 0.6) is 0 Å². The van der Waals surface area contributed by atoms with E-state index >= 15 is 0 Å². The van der Waals surface area contributed by atoms with Crippen molar-refractivity contribution in [3.05, 3.63) is 36.4 Å². The summed E-state index contributed by atoms with van der Waals surface area (Å²) in [6.45, 7) is 10.6. The lowest BCUT2D eigenvalue weighted by molar-refractivity contribution is 0.399. The van der Waals surface area contributed by atoms with Crippen molar-refractivity contribution in [3.8, 4) is 0 Å². The zero-order valence-electron chi connectivity index (χ0n) is 11.2. The maximum atomic E-state index is 7.00. The Morgan fingerprint density at radius 3 is 1.00 bits per heavy atom. The van der Waals surface area contributed by atoms with E-state index in [2.05, 4.69) is 20.8 Å². The third-order valence-electron chi connectivity index (χ3n) is 1.48. The summed E-state index contributed by atoms with van der Waals surface area (Å²) in [5.41, 5.74) is 0. The largest absolute Gasteiger partial charge is 0.400 e. The Balaban J connectivity index is -0.000000146. The van der Waals surface area contributed by atoms with Crippen LogP contribution in [0, 0.1) is 5.92 Å². The number of aliphatic hydroxyl groups is 1. The number of hydrogen-bond acceptors (Lipinski definition) is 1. The minimum absolute atomic E-state index is 0.884. The van der Waals surface area contributed by atoms with Gasteiger partial charge in [-0.2, -0.15) is 0 Å². The fourth-order valence-electron chi connectivity index (χ4n) is 0.385. The second kappa shape index (κ2) is 23.2. The highest BCUT2D eigenvalue weighted by Gasteiger charge is 1.80. The van der Waals surface area contributed by atoms with Gasteiger partial charge in [-0.05, 0) is 5.92 Å². The second-order valence-corrected chi connectivity index (χ2v) is 2.96. The normalized spacial score (nSPS) is 7.20. The molecule has 0 aliphatic carbocycles. The first-order chi connectivity index (χ1) is 7.27. The van der Waals surface area contributed by atoms with Crippen LogP contribution in [0.4, 0.5) is 0 Å². The maximum absolute atomic E-state index is 7.00. The summed E-state index contributed by atoms with van der Waals surface area (Å²) in [6, 6.07) is 12.0. The molecule has 0 radical (unpaired) electrons. The molecule has 0 fully saturated rings. The first-order valence-corrected chi connectivity index (χ1v) is 5.72. The number of hydrogen-bond donors (Lipinski definition) is 1. The van der Waals surface area contributed by atoms with E-state index < -0.39 is 0 Å². The van der Waals surface area contributed by atoms with Gasteiger partial charge < -0.3 is 5.11 Å². The van der Waals surface area contributed by atoms with E-state index in [0.29, 0.717) is 0 Å². The lowest BCUT2D eigenvalue weighted by Gasteiger charge is -1.90. The van der Waals surface area contributed by atoms with E-state index in [0.717, 1.165) is 13.0 Å². The van der Waals surface area contributed by atoms with E-state index in [1.165, 1.54) is 6.42 Å². The van der Waals surface area contributed by atoms with Crippen LogP contribution in [0.2, 0.25) is 0 Å².